The summed E-state index contributed by atoms with van der Waals surface area (Å²) < 4.78 is 29.3. The van der Waals surface area contributed by atoms with Gasteiger partial charge in [0.25, 0.3) is 0 Å². The summed E-state index contributed by atoms with van der Waals surface area (Å²) in [6, 6.07) is 6.29. The number of pyridine rings is 1. The highest BCUT2D eigenvalue weighted by Gasteiger charge is 2.21. The predicted molar refractivity (Wildman–Crippen MR) is 102 cm³/mol. The second kappa shape index (κ2) is 6.72. The quantitative estimate of drug-likeness (QED) is 0.496. The van der Waals surface area contributed by atoms with Gasteiger partial charge in [0.2, 0.25) is 0 Å². The molecule has 0 aliphatic heterocycles. The summed E-state index contributed by atoms with van der Waals surface area (Å²) in [5, 5.41) is 3.11. The fourth-order valence-electron chi connectivity index (χ4n) is 2.94. The topological polar surface area (TPSA) is 121 Å². The number of anilines is 3. The first-order chi connectivity index (χ1) is 13.4. The average Bonchev–Trinajstić information content (AvgIpc) is 3.04. The van der Waals surface area contributed by atoms with E-state index in [1.54, 1.807) is 22.9 Å². The van der Waals surface area contributed by atoms with E-state index in [0.29, 0.717) is 22.8 Å². The Morgan fingerprint density at radius 1 is 1.07 bits per heavy atom. The van der Waals surface area contributed by atoms with E-state index in [-0.39, 0.29) is 17.2 Å². The van der Waals surface area contributed by atoms with Crippen LogP contribution in [-0.4, -0.2) is 24.5 Å². The van der Waals surface area contributed by atoms with E-state index in [9.17, 15) is 8.78 Å². The molecule has 8 nitrogen and oxygen atoms in total. The van der Waals surface area contributed by atoms with Crippen LogP contribution in [-0.2, 0) is 0 Å². The molecule has 10 heteroatoms. The summed E-state index contributed by atoms with van der Waals surface area (Å²) >= 11 is 0. The van der Waals surface area contributed by atoms with Crippen molar-refractivity contribution in [2.24, 2.45) is 0 Å². The van der Waals surface area contributed by atoms with Crippen molar-refractivity contribution >= 4 is 28.5 Å². The Labute approximate surface area is 158 Å². The largest absolute Gasteiger partial charge is 0.393 e. The molecule has 0 radical (unpaired) electrons. The van der Waals surface area contributed by atoms with E-state index in [2.05, 4.69) is 25.3 Å². The van der Waals surface area contributed by atoms with Crippen LogP contribution in [0, 0.1) is 11.6 Å². The van der Waals surface area contributed by atoms with Gasteiger partial charge in [0.1, 0.15) is 35.0 Å². The minimum atomic E-state index is -0.702. The molecule has 0 saturated heterocycles. The third-order valence-corrected chi connectivity index (χ3v) is 4.20. The van der Waals surface area contributed by atoms with Crippen LogP contribution in [0.5, 0.6) is 0 Å². The summed E-state index contributed by atoms with van der Waals surface area (Å²) in [5.41, 5.74) is 13.1. The first-order valence-electron chi connectivity index (χ1n) is 8.36. The number of nitrogen functional groups attached to an aromatic ring is 2. The van der Waals surface area contributed by atoms with E-state index in [1.807, 2.05) is 6.92 Å². The van der Waals surface area contributed by atoms with Gasteiger partial charge in [-0.3, -0.25) is 4.57 Å². The SMILES string of the molecule is C[C@@H](Nc1ncnc(N)c1N)c1nc2cccnc2n1-c1cc(F)cc(F)c1. The molecule has 0 bridgehead atoms. The minimum absolute atomic E-state index is 0.145. The lowest BCUT2D eigenvalue weighted by atomic mass is 10.2. The van der Waals surface area contributed by atoms with Gasteiger partial charge in [-0.2, -0.15) is 0 Å². The first-order valence-corrected chi connectivity index (χ1v) is 8.36. The predicted octanol–water partition coefficient (Wildman–Crippen LogP) is 2.83. The van der Waals surface area contributed by atoms with Crippen LogP contribution < -0.4 is 16.8 Å². The van der Waals surface area contributed by atoms with E-state index in [4.69, 9.17) is 11.5 Å². The number of nitrogens with one attached hydrogen (secondary N) is 1. The van der Waals surface area contributed by atoms with Gasteiger partial charge in [-0.1, -0.05) is 0 Å². The molecule has 5 N–H and O–H groups in total. The van der Waals surface area contributed by atoms with Crippen LogP contribution in [0.4, 0.5) is 26.1 Å². The number of benzene rings is 1. The maximum atomic E-state index is 13.8. The zero-order valence-electron chi connectivity index (χ0n) is 14.8. The van der Waals surface area contributed by atoms with E-state index < -0.39 is 17.7 Å². The van der Waals surface area contributed by atoms with Crippen molar-refractivity contribution in [3.05, 3.63) is 60.3 Å². The number of hydrogen-bond acceptors (Lipinski definition) is 7. The molecule has 28 heavy (non-hydrogen) atoms. The van der Waals surface area contributed by atoms with Crippen molar-refractivity contribution in [3.8, 4) is 5.69 Å². The molecule has 0 aliphatic rings. The van der Waals surface area contributed by atoms with Gasteiger partial charge in [0.15, 0.2) is 17.3 Å². The fraction of sp³-hybridized carbons (Fsp3) is 0.111. The van der Waals surface area contributed by atoms with Gasteiger partial charge in [-0.15, -0.1) is 0 Å². The van der Waals surface area contributed by atoms with Crippen molar-refractivity contribution in [1.82, 2.24) is 24.5 Å². The number of fused-ring (bicyclic) bond motifs is 1. The van der Waals surface area contributed by atoms with Gasteiger partial charge in [-0.25, -0.2) is 28.7 Å². The van der Waals surface area contributed by atoms with Crippen molar-refractivity contribution < 1.29 is 8.78 Å². The van der Waals surface area contributed by atoms with Crippen molar-refractivity contribution in [2.45, 2.75) is 13.0 Å². The van der Waals surface area contributed by atoms with Crippen molar-refractivity contribution in [1.29, 1.82) is 0 Å². The van der Waals surface area contributed by atoms with Crippen LogP contribution >= 0.6 is 0 Å². The molecule has 0 aliphatic carbocycles. The molecule has 0 saturated carbocycles. The zero-order valence-corrected chi connectivity index (χ0v) is 14.8. The van der Waals surface area contributed by atoms with Crippen LogP contribution in [0.1, 0.15) is 18.8 Å². The highest BCUT2D eigenvalue weighted by atomic mass is 19.1. The number of halogens is 2. The molecule has 1 atom stereocenters. The second-order valence-electron chi connectivity index (χ2n) is 6.17. The molecular weight excluding hydrogens is 366 g/mol. The molecule has 1 aromatic carbocycles. The molecule has 0 spiro atoms. The van der Waals surface area contributed by atoms with Gasteiger partial charge < -0.3 is 16.8 Å². The lowest BCUT2D eigenvalue weighted by Gasteiger charge is -2.18. The summed E-state index contributed by atoms with van der Waals surface area (Å²) in [4.78, 5) is 16.8. The van der Waals surface area contributed by atoms with Crippen LogP contribution in [0.3, 0.4) is 0 Å². The summed E-state index contributed by atoms with van der Waals surface area (Å²) in [7, 11) is 0. The molecule has 3 aromatic heterocycles. The third kappa shape index (κ3) is 3.04. The van der Waals surface area contributed by atoms with Crippen molar-refractivity contribution in [2.75, 3.05) is 16.8 Å². The van der Waals surface area contributed by atoms with E-state index >= 15 is 0 Å². The second-order valence-corrected chi connectivity index (χ2v) is 6.17. The number of nitrogens with two attached hydrogens (primary N) is 2. The van der Waals surface area contributed by atoms with Crippen LogP contribution in [0.25, 0.3) is 16.9 Å². The Hall–Kier alpha value is -3.82. The molecule has 4 rings (SSSR count). The molecule has 0 fully saturated rings. The molecule has 0 amide bonds. The monoisotopic (exact) mass is 382 g/mol. The Bertz CT molecular complexity index is 1150. The fourth-order valence-corrected chi connectivity index (χ4v) is 2.94. The molecular formula is C18H16F2N8. The van der Waals surface area contributed by atoms with E-state index in [1.165, 1.54) is 18.5 Å². The molecule has 3 heterocycles. The number of imidazole rings is 1. The maximum absolute atomic E-state index is 13.8. The van der Waals surface area contributed by atoms with E-state index in [0.717, 1.165) is 6.07 Å². The van der Waals surface area contributed by atoms with Crippen LogP contribution in [0.2, 0.25) is 0 Å². The summed E-state index contributed by atoms with van der Waals surface area (Å²) in [6.07, 6.45) is 2.87. The van der Waals surface area contributed by atoms with Gasteiger partial charge in [-0.05, 0) is 31.2 Å². The third-order valence-electron chi connectivity index (χ3n) is 4.20. The normalized spacial score (nSPS) is 12.2. The lowest BCUT2D eigenvalue weighted by molar-refractivity contribution is 0.581. The van der Waals surface area contributed by atoms with Gasteiger partial charge >= 0.3 is 0 Å². The Balaban J connectivity index is 1.85. The first kappa shape index (κ1) is 17.6. The Morgan fingerprint density at radius 3 is 2.57 bits per heavy atom. The zero-order chi connectivity index (χ0) is 19.8. The average molecular weight is 382 g/mol. The Kier molecular flexibility index (Phi) is 4.22. The number of rotatable bonds is 4. The standard InChI is InChI=1S/C18H16F2N8/c1-9(26-16-14(21)15(22)24-8-25-16)17-27-13-3-2-4-23-18(13)28(17)12-6-10(19)5-11(20)7-12/h2-9H,21H2,1H3,(H3,22,24,25,26)/t9-/m1/s1. The highest BCUT2D eigenvalue weighted by molar-refractivity contribution is 5.75. The number of hydrogen-bond donors (Lipinski definition) is 3. The molecule has 142 valence electrons. The maximum Gasteiger partial charge on any atom is 0.164 e. The molecule has 4 aromatic rings. The van der Waals surface area contributed by atoms with Gasteiger partial charge in [0, 0.05) is 12.3 Å². The van der Waals surface area contributed by atoms with Crippen LogP contribution in [0.15, 0.2) is 42.9 Å². The number of aromatic nitrogens is 5. The number of nitrogens with zero attached hydrogens (tertiary/aromatic N) is 5. The minimum Gasteiger partial charge on any atom is -0.393 e. The lowest BCUT2D eigenvalue weighted by Crippen LogP contribution is -2.16. The van der Waals surface area contributed by atoms with Crippen molar-refractivity contribution in [3.63, 3.8) is 0 Å². The summed E-state index contributed by atoms with van der Waals surface area (Å²) in [6.45, 7) is 1.81. The van der Waals surface area contributed by atoms with Gasteiger partial charge in [0.05, 0.1) is 11.7 Å². The smallest absolute Gasteiger partial charge is 0.164 e. The Morgan fingerprint density at radius 2 is 1.82 bits per heavy atom. The molecule has 0 unspecified atom stereocenters. The summed E-state index contributed by atoms with van der Waals surface area (Å²) in [5.74, 6) is -0.460. The highest BCUT2D eigenvalue weighted by Crippen LogP contribution is 2.29.